The van der Waals surface area contributed by atoms with Gasteiger partial charge in [0.15, 0.2) is 5.75 Å². The number of thiazole rings is 1. The lowest BCUT2D eigenvalue weighted by Crippen LogP contribution is -2.57. The van der Waals surface area contributed by atoms with Gasteiger partial charge in [-0.3, -0.25) is 14.4 Å². The number of carbonyl (C=O) groups excluding carboxylic acids is 3. The van der Waals surface area contributed by atoms with Crippen LogP contribution >= 0.6 is 11.3 Å². The first-order valence-corrected chi connectivity index (χ1v) is 18.1. The zero-order valence-electron chi connectivity index (χ0n) is 28.2. The van der Waals surface area contributed by atoms with E-state index in [2.05, 4.69) is 27.2 Å². The van der Waals surface area contributed by atoms with Crippen LogP contribution in [0.4, 0.5) is 10.1 Å². The molecule has 2 aliphatic heterocycles. The third-order valence-electron chi connectivity index (χ3n) is 9.66. The fourth-order valence-corrected chi connectivity index (χ4v) is 7.74. The second-order valence-corrected chi connectivity index (χ2v) is 14.2. The number of aromatic nitrogens is 1. The van der Waals surface area contributed by atoms with Crippen LogP contribution in [0.5, 0.6) is 16.7 Å². The minimum Gasteiger partial charge on any atom is -0.497 e. The summed E-state index contributed by atoms with van der Waals surface area (Å²) >= 11 is 1.35. The Morgan fingerprint density at radius 2 is 1.90 bits per heavy atom. The number of methoxy groups -OCH3 is 1. The van der Waals surface area contributed by atoms with Crippen molar-refractivity contribution in [3.63, 3.8) is 0 Å². The molecule has 0 radical (unpaired) electrons. The summed E-state index contributed by atoms with van der Waals surface area (Å²) in [5, 5.41) is 6.68. The number of hydroxylamine groups is 1. The molecule has 3 aliphatic rings. The molecule has 3 heterocycles. The summed E-state index contributed by atoms with van der Waals surface area (Å²) in [6.07, 6.45) is 7.85. The molecule has 13 heteroatoms. The lowest BCUT2D eigenvalue weighted by Gasteiger charge is -2.30. The number of anilines is 1. The van der Waals surface area contributed by atoms with Crippen molar-refractivity contribution in [2.24, 2.45) is 5.92 Å². The van der Waals surface area contributed by atoms with E-state index < -0.39 is 41.4 Å². The van der Waals surface area contributed by atoms with E-state index in [1.807, 2.05) is 30.3 Å². The number of fused-ring (bicyclic) bond motifs is 3. The molecule has 1 saturated heterocycles. The van der Waals surface area contributed by atoms with Crippen molar-refractivity contribution < 1.29 is 33.1 Å². The van der Waals surface area contributed by atoms with E-state index in [1.54, 1.807) is 43.5 Å². The Hall–Kier alpha value is -5.17. The number of hydrogen-bond donors (Lipinski definition) is 3. The number of nitrogens with zero attached hydrogens (tertiary/aromatic N) is 2. The van der Waals surface area contributed by atoms with Crippen LogP contribution in [0.15, 0.2) is 84.9 Å². The number of rotatable bonds is 8. The highest BCUT2D eigenvalue weighted by Crippen LogP contribution is 2.45. The Morgan fingerprint density at radius 1 is 1.04 bits per heavy atom. The van der Waals surface area contributed by atoms with E-state index in [-0.39, 0.29) is 24.8 Å². The SMILES string of the molecule is COc1ccc2nc(O[C@@H]3C[C@H]4C(=O)N[C@]5(C(=O)NOc6ccccc6)C[C@H]5/C=C\CCCCC[C@H](Nc5cccc(F)c5)C(=O)N4C3)sc2c1. The quantitative estimate of drug-likeness (QED) is 0.155. The molecule has 0 spiro atoms. The molecule has 3 aromatic carbocycles. The van der Waals surface area contributed by atoms with Gasteiger partial charge in [0.05, 0.1) is 23.9 Å². The maximum Gasteiger partial charge on any atom is 0.278 e. The van der Waals surface area contributed by atoms with Crippen molar-refractivity contribution in [2.75, 3.05) is 19.0 Å². The Kier molecular flexibility index (Phi) is 10.1. The molecule has 4 aromatic rings. The number of carbonyl (C=O) groups is 3. The molecule has 1 saturated carbocycles. The summed E-state index contributed by atoms with van der Waals surface area (Å²) < 4.78 is 26.8. The van der Waals surface area contributed by atoms with Gasteiger partial charge in [-0.1, -0.05) is 60.6 Å². The molecule has 266 valence electrons. The predicted molar refractivity (Wildman–Crippen MR) is 191 cm³/mol. The zero-order valence-corrected chi connectivity index (χ0v) is 29.0. The topological polar surface area (TPSA) is 131 Å². The average molecular weight is 714 g/mol. The number of ether oxygens (including phenoxy) is 2. The van der Waals surface area contributed by atoms with Crippen LogP contribution in [-0.2, 0) is 14.4 Å². The van der Waals surface area contributed by atoms with Gasteiger partial charge < -0.3 is 29.8 Å². The third kappa shape index (κ3) is 7.78. The average Bonchev–Trinajstić information content (AvgIpc) is 3.44. The summed E-state index contributed by atoms with van der Waals surface area (Å²) in [7, 11) is 1.60. The largest absolute Gasteiger partial charge is 0.497 e. The highest BCUT2D eigenvalue weighted by molar-refractivity contribution is 7.20. The number of benzene rings is 3. The van der Waals surface area contributed by atoms with E-state index in [4.69, 9.17) is 14.3 Å². The van der Waals surface area contributed by atoms with E-state index in [9.17, 15) is 18.8 Å². The first kappa shape index (κ1) is 34.3. The van der Waals surface area contributed by atoms with Gasteiger partial charge in [0.2, 0.25) is 11.8 Å². The molecule has 1 aliphatic carbocycles. The Balaban J connectivity index is 1.16. The van der Waals surface area contributed by atoms with Crippen molar-refractivity contribution in [1.82, 2.24) is 20.7 Å². The normalized spacial score (nSPS) is 25.7. The lowest BCUT2D eigenvalue weighted by atomic mass is 10.0. The van der Waals surface area contributed by atoms with Crippen LogP contribution in [0, 0.1) is 11.7 Å². The van der Waals surface area contributed by atoms with Gasteiger partial charge in [0.25, 0.3) is 11.1 Å². The fraction of sp³-hybridized carbons (Fsp3) is 0.368. The van der Waals surface area contributed by atoms with Crippen molar-refractivity contribution in [1.29, 1.82) is 0 Å². The Labute approximate surface area is 299 Å². The number of hydrogen-bond acceptors (Lipinski definition) is 9. The molecule has 3 amide bonds. The number of allylic oxidation sites excluding steroid dienone is 1. The maximum atomic E-state index is 14.5. The van der Waals surface area contributed by atoms with Gasteiger partial charge in [-0.15, -0.1) is 0 Å². The van der Waals surface area contributed by atoms with Crippen LogP contribution in [0.25, 0.3) is 10.2 Å². The van der Waals surface area contributed by atoms with Crippen LogP contribution in [0.3, 0.4) is 0 Å². The van der Waals surface area contributed by atoms with E-state index in [0.29, 0.717) is 35.2 Å². The summed E-state index contributed by atoms with van der Waals surface area (Å²) in [6, 6.07) is 18.7. The monoisotopic (exact) mass is 713 g/mol. The second-order valence-electron chi connectivity index (χ2n) is 13.2. The smallest absolute Gasteiger partial charge is 0.278 e. The number of amides is 3. The number of para-hydroxylation sites is 1. The van der Waals surface area contributed by atoms with Crippen molar-refractivity contribution in [2.45, 2.75) is 68.7 Å². The molecular weight excluding hydrogens is 674 g/mol. The Morgan fingerprint density at radius 3 is 2.73 bits per heavy atom. The van der Waals surface area contributed by atoms with Crippen molar-refractivity contribution >= 4 is 45.0 Å². The minimum atomic E-state index is -1.25. The molecule has 5 atom stereocenters. The molecule has 2 fully saturated rings. The first-order chi connectivity index (χ1) is 24.8. The van der Waals surface area contributed by atoms with E-state index >= 15 is 0 Å². The highest BCUT2D eigenvalue weighted by Gasteiger charge is 2.61. The molecule has 1 aromatic heterocycles. The summed E-state index contributed by atoms with van der Waals surface area (Å²) in [4.78, 5) is 54.2. The summed E-state index contributed by atoms with van der Waals surface area (Å²) in [5.41, 5.74) is 2.51. The summed E-state index contributed by atoms with van der Waals surface area (Å²) in [6.45, 7) is 0.122. The van der Waals surface area contributed by atoms with Crippen LogP contribution < -0.4 is 30.4 Å². The maximum absolute atomic E-state index is 14.5. The van der Waals surface area contributed by atoms with Gasteiger partial charge in [-0.05, 0) is 74.2 Å². The summed E-state index contributed by atoms with van der Waals surface area (Å²) in [5.74, 6) is -0.751. The minimum absolute atomic E-state index is 0.122. The standard InChI is InChI=1S/C38H40FN5O6S/c1-48-28-17-18-30-33(21-28)51-37(41-30)49-29-20-32-34(45)42-38(36(47)43-50-27-14-7-5-8-15-27)22-24(38)11-6-3-2-4-9-16-31(35(46)44(32)23-29)40-26-13-10-12-25(39)19-26/h5-8,10-15,17-19,21,24,29,31-32,40H,2-4,9,16,20,22-23H2,1H3,(H,42,45)(H,43,47)/b11-6-/t24-,29-,31+,32+,38-/m1/s1. The molecule has 3 N–H and O–H groups in total. The van der Waals surface area contributed by atoms with Gasteiger partial charge >= 0.3 is 0 Å². The zero-order chi connectivity index (χ0) is 35.4. The van der Waals surface area contributed by atoms with E-state index in [0.717, 1.165) is 35.9 Å². The first-order valence-electron chi connectivity index (χ1n) is 17.3. The predicted octanol–water partition coefficient (Wildman–Crippen LogP) is 5.78. The lowest BCUT2D eigenvalue weighted by molar-refractivity contribution is -0.141. The molecule has 0 unspecified atom stereocenters. The van der Waals surface area contributed by atoms with Crippen LogP contribution in [0.1, 0.15) is 44.9 Å². The van der Waals surface area contributed by atoms with Crippen LogP contribution in [0.2, 0.25) is 0 Å². The van der Waals surface area contributed by atoms with Gasteiger partial charge in [0, 0.05) is 18.0 Å². The molecular formula is C38H40FN5O6S. The van der Waals surface area contributed by atoms with E-state index in [1.165, 1.54) is 28.4 Å². The molecule has 7 rings (SSSR count). The van der Waals surface area contributed by atoms with Gasteiger partial charge in [-0.25, -0.2) is 9.37 Å². The number of nitrogens with one attached hydrogen (secondary N) is 3. The van der Waals surface area contributed by atoms with Crippen molar-refractivity contribution in [3.05, 3.63) is 90.8 Å². The molecule has 0 bridgehead atoms. The fourth-order valence-electron chi connectivity index (χ4n) is 6.83. The van der Waals surface area contributed by atoms with Crippen molar-refractivity contribution in [3.8, 4) is 16.7 Å². The Bertz CT molecular complexity index is 1920. The van der Waals surface area contributed by atoms with Gasteiger partial charge in [-0.2, -0.15) is 5.48 Å². The van der Waals surface area contributed by atoms with Gasteiger partial charge in [0.1, 0.15) is 35.3 Å². The molecule has 11 nitrogen and oxygen atoms in total. The third-order valence-corrected chi connectivity index (χ3v) is 10.6. The highest BCUT2D eigenvalue weighted by atomic mass is 32.1. The second kappa shape index (κ2) is 15.0. The van der Waals surface area contributed by atoms with Crippen LogP contribution in [-0.4, -0.2) is 65.0 Å². The number of halogens is 1. The molecule has 51 heavy (non-hydrogen) atoms.